The highest BCUT2D eigenvalue weighted by Gasteiger charge is 2.18. The predicted octanol–water partition coefficient (Wildman–Crippen LogP) is 1.07. The third-order valence-electron chi connectivity index (χ3n) is 3.11. The Bertz CT molecular complexity index is 486. The SMILES string of the molecule is CCCc1nnc(NC(=O)CCC(=O)N2CCOCC2)s1. The molecule has 0 saturated carbocycles. The fraction of sp³-hybridized carbons (Fsp3) is 0.692. The molecule has 2 heterocycles. The number of anilines is 1. The minimum Gasteiger partial charge on any atom is -0.378 e. The molecule has 1 N–H and O–H groups in total. The summed E-state index contributed by atoms with van der Waals surface area (Å²) in [6.07, 6.45) is 2.24. The van der Waals surface area contributed by atoms with Crippen molar-refractivity contribution in [3.05, 3.63) is 5.01 Å². The number of aryl methyl sites for hydroxylation is 1. The average Bonchev–Trinajstić information content (AvgIpc) is 2.93. The summed E-state index contributed by atoms with van der Waals surface area (Å²) in [5.41, 5.74) is 0. The van der Waals surface area contributed by atoms with Crippen LogP contribution in [0.15, 0.2) is 0 Å². The van der Waals surface area contributed by atoms with Crippen molar-refractivity contribution in [3.63, 3.8) is 0 Å². The minimum absolute atomic E-state index is 0.00242. The van der Waals surface area contributed by atoms with Crippen molar-refractivity contribution < 1.29 is 14.3 Å². The third kappa shape index (κ3) is 5.05. The maximum absolute atomic E-state index is 11.9. The highest BCUT2D eigenvalue weighted by atomic mass is 32.1. The summed E-state index contributed by atoms with van der Waals surface area (Å²) in [6, 6.07) is 0. The van der Waals surface area contributed by atoms with Crippen molar-refractivity contribution in [1.29, 1.82) is 0 Å². The quantitative estimate of drug-likeness (QED) is 0.849. The zero-order valence-corrected chi connectivity index (χ0v) is 12.9. The first-order valence-electron chi connectivity index (χ1n) is 7.16. The van der Waals surface area contributed by atoms with Crippen molar-refractivity contribution in [3.8, 4) is 0 Å². The van der Waals surface area contributed by atoms with Crippen LogP contribution in [0.1, 0.15) is 31.2 Å². The molecule has 0 aliphatic carbocycles. The van der Waals surface area contributed by atoms with E-state index in [0.717, 1.165) is 17.8 Å². The van der Waals surface area contributed by atoms with E-state index in [1.807, 2.05) is 0 Å². The van der Waals surface area contributed by atoms with E-state index in [1.54, 1.807) is 4.90 Å². The second-order valence-electron chi connectivity index (χ2n) is 4.79. The van der Waals surface area contributed by atoms with Gasteiger partial charge in [0.1, 0.15) is 5.01 Å². The molecule has 0 atom stereocenters. The van der Waals surface area contributed by atoms with E-state index in [1.165, 1.54) is 11.3 Å². The van der Waals surface area contributed by atoms with Gasteiger partial charge in [-0.2, -0.15) is 0 Å². The molecule has 21 heavy (non-hydrogen) atoms. The van der Waals surface area contributed by atoms with Crippen molar-refractivity contribution in [1.82, 2.24) is 15.1 Å². The lowest BCUT2D eigenvalue weighted by atomic mass is 10.2. The molecule has 0 bridgehead atoms. The molecule has 2 amide bonds. The largest absolute Gasteiger partial charge is 0.378 e. The van der Waals surface area contributed by atoms with Gasteiger partial charge < -0.3 is 15.0 Å². The molecule has 0 aromatic carbocycles. The summed E-state index contributed by atoms with van der Waals surface area (Å²) in [5.74, 6) is -0.201. The normalized spacial score (nSPS) is 15.0. The number of hydrogen-bond donors (Lipinski definition) is 1. The van der Waals surface area contributed by atoms with E-state index in [0.29, 0.717) is 31.4 Å². The molecule has 1 aromatic heterocycles. The van der Waals surface area contributed by atoms with Gasteiger partial charge in [-0.05, 0) is 6.42 Å². The van der Waals surface area contributed by atoms with Crippen molar-refractivity contribution >= 4 is 28.3 Å². The summed E-state index contributed by atoms with van der Waals surface area (Å²) in [5, 5.41) is 12.0. The highest BCUT2D eigenvalue weighted by molar-refractivity contribution is 7.15. The van der Waals surface area contributed by atoms with Crippen LogP contribution < -0.4 is 5.32 Å². The van der Waals surface area contributed by atoms with Gasteiger partial charge in [0.2, 0.25) is 16.9 Å². The first-order chi connectivity index (χ1) is 10.2. The molecule has 1 aromatic rings. The van der Waals surface area contributed by atoms with E-state index in [2.05, 4.69) is 22.4 Å². The lowest BCUT2D eigenvalue weighted by molar-refractivity contribution is -0.136. The Labute approximate surface area is 127 Å². The Kier molecular flexibility index (Phi) is 6.06. The second kappa shape index (κ2) is 8.04. The van der Waals surface area contributed by atoms with Crippen molar-refractivity contribution in [2.45, 2.75) is 32.6 Å². The summed E-state index contributed by atoms with van der Waals surface area (Å²) >= 11 is 1.38. The Balaban J connectivity index is 1.72. The molecule has 0 spiro atoms. The van der Waals surface area contributed by atoms with E-state index in [9.17, 15) is 9.59 Å². The molecule has 8 heteroatoms. The molecule has 1 fully saturated rings. The van der Waals surface area contributed by atoms with Crippen LogP contribution in [0.5, 0.6) is 0 Å². The molecule has 1 saturated heterocycles. The first-order valence-corrected chi connectivity index (χ1v) is 7.98. The minimum atomic E-state index is -0.198. The van der Waals surface area contributed by atoms with Gasteiger partial charge in [0.05, 0.1) is 13.2 Å². The van der Waals surface area contributed by atoms with E-state index < -0.39 is 0 Å². The molecule has 1 aliphatic heterocycles. The van der Waals surface area contributed by atoms with Crippen molar-refractivity contribution in [2.24, 2.45) is 0 Å². The number of carbonyl (C=O) groups is 2. The van der Waals surface area contributed by atoms with Crippen LogP contribution in [0.2, 0.25) is 0 Å². The van der Waals surface area contributed by atoms with Gasteiger partial charge in [-0.25, -0.2) is 0 Å². The lowest BCUT2D eigenvalue weighted by Crippen LogP contribution is -2.40. The first kappa shape index (κ1) is 15.8. The van der Waals surface area contributed by atoms with Crippen LogP contribution in [-0.4, -0.2) is 53.2 Å². The molecular formula is C13H20N4O3S. The van der Waals surface area contributed by atoms with Gasteiger partial charge in [0.25, 0.3) is 0 Å². The van der Waals surface area contributed by atoms with Crippen LogP contribution in [0.3, 0.4) is 0 Å². The van der Waals surface area contributed by atoms with Crippen LogP contribution in [0.4, 0.5) is 5.13 Å². The zero-order valence-electron chi connectivity index (χ0n) is 12.1. The van der Waals surface area contributed by atoms with Crippen LogP contribution >= 0.6 is 11.3 Å². The number of ether oxygens (including phenoxy) is 1. The van der Waals surface area contributed by atoms with Gasteiger partial charge in [-0.15, -0.1) is 10.2 Å². The number of rotatable bonds is 6. The Morgan fingerprint density at radius 3 is 2.76 bits per heavy atom. The third-order valence-corrected chi connectivity index (χ3v) is 4.01. The van der Waals surface area contributed by atoms with E-state index >= 15 is 0 Å². The van der Waals surface area contributed by atoms with E-state index in [4.69, 9.17) is 4.74 Å². The maximum Gasteiger partial charge on any atom is 0.226 e. The number of nitrogens with one attached hydrogen (secondary N) is 1. The number of hydrogen-bond acceptors (Lipinski definition) is 6. The number of morpholine rings is 1. The molecule has 1 aliphatic rings. The molecule has 116 valence electrons. The molecule has 2 rings (SSSR count). The summed E-state index contributed by atoms with van der Waals surface area (Å²) < 4.78 is 5.19. The predicted molar refractivity (Wildman–Crippen MR) is 79.2 cm³/mol. The van der Waals surface area contributed by atoms with Gasteiger partial charge in [-0.1, -0.05) is 18.3 Å². The Hall–Kier alpha value is -1.54. The number of carbonyl (C=O) groups excluding carboxylic acids is 2. The molecular weight excluding hydrogens is 292 g/mol. The Morgan fingerprint density at radius 1 is 1.29 bits per heavy atom. The van der Waals surface area contributed by atoms with E-state index in [-0.39, 0.29) is 24.7 Å². The lowest BCUT2D eigenvalue weighted by Gasteiger charge is -2.26. The number of nitrogens with zero attached hydrogens (tertiary/aromatic N) is 3. The summed E-state index contributed by atoms with van der Waals surface area (Å²) in [7, 11) is 0. The molecule has 7 nitrogen and oxygen atoms in total. The van der Waals surface area contributed by atoms with Gasteiger partial charge in [0, 0.05) is 32.4 Å². The zero-order chi connectivity index (χ0) is 15.1. The smallest absolute Gasteiger partial charge is 0.226 e. The monoisotopic (exact) mass is 312 g/mol. The van der Waals surface area contributed by atoms with Gasteiger partial charge >= 0.3 is 0 Å². The Morgan fingerprint density at radius 2 is 2.05 bits per heavy atom. The van der Waals surface area contributed by atoms with Crippen LogP contribution in [0, 0.1) is 0 Å². The van der Waals surface area contributed by atoms with Gasteiger partial charge in [0.15, 0.2) is 0 Å². The number of aromatic nitrogens is 2. The highest BCUT2D eigenvalue weighted by Crippen LogP contribution is 2.16. The fourth-order valence-corrected chi connectivity index (χ4v) is 2.85. The number of amides is 2. The summed E-state index contributed by atoms with van der Waals surface area (Å²) in [6.45, 7) is 4.43. The van der Waals surface area contributed by atoms with Gasteiger partial charge in [-0.3, -0.25) is 9.59 Å². The fourth-order valence-electron chi connectivity index (χ4n) is 1.99. The van der Waals surface area contributed by atoms with Crippen LogP contribution in [0.25, 0.3) is 0 Å². The summed E-state index contributed by atoms with van der Waals surface area (Å²) in [4.78, 5) is 25.4. The second-order valence-corrected chi connectivity index (χ2v) is 5.85. The molecule has 0 radical (unpaired) electrons. The average molecular weight is 312 g/mol. The maximum atomic E-state index is 11.9. The van der Waals surface area contributed by atoms with Crippen LogP contribution in [-0.2, 0) is 20.7 Å². The van der Waals surface area contributed by atoms with Crippen molar-refractivity contribution in [2.75, 3.05) is 31.6 Å². The standard InChI is InChI=1S/C13H20N4O3S/c1-2-3-11-15-16-13(21-11)14-10(18)4-5-12(19)17-6-8-20-9-7-17/h2-9H2,1H3,(H,14,16,18). The topological polar surface area (TPSA) is 84.4 Å². The molecule has 0 unspecified atom stereocenters.